The number of carbonyl (C=O) groups is 1. The van der Waals surface area contributed by atoms with E-state index >= 15 is 0 Å². The van der Waals surface area contributed by atoms with E-state index in [-0.39, 0.29) is 18.7 Å². The topological polar surface area (TPSA) is 83.6 Å². The minimum atomic E-state index is -0.936. The summed E-state index contributed by atoms with van der Waals surface area (Å²) in [7, 11) is 0. The van der Waals surface area contributed by atoms with Gasteiger partial charge in [-0.2, -0.15) is 0 Å². The first-order chi connectivity index (χ1) is 8.13. The van der Waals surface area contributed by atoms with Crippen LogP contribution in [0.2, 0.25) is 0 Å². The number of benzene rings is 2. The molecule has 0 unspecified atom stereocenters. The number of phenols is 1. The Morgan fingerprint density at radius 2 is 2.00 bits per heavy atom. The zero-order chi connectivity index (χ0) is 12.4. The lowest BCUT2D eigenvalue weighted by molar-refractivity contribution is -0.136. The Morgan fingerprint density at radius 3 is 2.65 bits per heavy atom. The van der Waals surface area contributed by atoms with E-state index in [1.54, 1.807) is 12.1 Å². The molecule has 0 aliphatic rings. The molecule has 0 saturated carbocycles. The predicted octanol–water partition coefficient (Wildman–Crippen LogP) is 1.63. The molecule has 4 N–H and O–H groups in total. The second-order valence-corrected chi connectivity index (χ2v) is 3.86. The third-order valence-electron chi connectivity index (χ3n) is 2.76. The molecule has 0 aliphatic heterocycles. The lowest BCUT2D eigenvalue weighted by Gasteiger charge is -2.11. The number of nitrogens with two attached hydrogens (primary N) is 1. The molecule has 0 bridgehead atoms. The zero-order valence-corrected chi connectivity index (χ0v) is 9.18. The van der Waals surface area contributed by atoms with Crippen LogP contribution >= 0.6 is 0 Å². The van der Waals surface area contributed by atoms with Gasteiger partial charge in [0, 0.05) is 17.5 Å². The second-order valence-electron chi connectivity index (χ2n) is 3.86. The first-order valence-corrected chi connectivity index (χ1v) is 5.27. The standard InChI is InChI=1S/C13H13NO3/c14-7-11-9(6-12(15)16)5-8-3-1-2-4-10(8)13(11)17/h1-5,17H,6-7,14H2,(H,15,16). The highest BCUT2D eigenvalue weighted by Gasteiger charge is 2.13. The third kappa shape index (κ3) is 2.07. The van der Waals surface area contributed by atoms with E-state index in [2.05, 4.69) is 0 Å². The Balaban J connectivity index is 2.70. The van der Waals surface area contributed by atoms with Crippen molar-refractivity contribution in [1.29, 1.82) is 0 Å². The largest absolute Gasteiger partial charge is 0.507 e. The van der Waals surface area contributed by atoms with Crippen LogP contribution in [0.3, 0.4) is 0 Å². The van der Waals surface area contributed by atoms with E-state index in [0.29, 0.717) is 16.5 Å². The number of hydrogen-bond acceptors (Lipinski definition) is 3. The molecule has 2 aromatic carbocycles. The number of carboxylic acids is 1. The summed E-state index contributed by atoms with van der Waals surface area (Å²) in [4.78, 5) is 10.8. The Kier molecular flexibility index (Phi) is 2.97. The number of rotatable bonds is 3. The SMILES string of the molecule is NCc1c(CC(=O)O)cc2ccccc2c1O. The summed E-state index contributed by atoms with van der Waals surface area (Å²) < 4.78 is 0. The molecule has 0 aromatic heterocycles. The van der Waals surface area contributed by atoms with Gasteiger partial charge in [0.2, 0.25) is 0 Å². The van der Waals surface area contributed by atoms with Crippen molar-refractivity contribution in [3.8, 4) is 5.75 Å². The quantitative estimate of drug-likeness (QED) is 0.749. The van der Waals surface area contributed by atoms with E-state index < -0.39 is 5.97 Å². The van der Waals surface area contributed by atoms with Gasteiger partial charge >= 0.3 is 5.97 Å². The van der Waals surface area contributed by atoms with Gasteiger partial charge in [-0.25, -0.2) is 0 Å². The summed E-state index contributed by atoms with van der Waals surface area (Å²) >= 11 is 0. The Bertz CT molecular complexity index is 578. The molecule has 0 heterocycles. The molecule has 4 nitrogen and oxygen atoms in total. The van der Waals surface area contributed by atoms with Gasteiger partial charge in [0.25, 0.3) is 0 Å². The molecule has 0 fully saturated rings. The first-order valence-electron chi connectivity index (χ1n) is 5.27. The van der Waals surface area contributed by atoms with Crippen LogP contribution in [0, 0.1) is 0 Å². The highest BCUT2D eigenvalue weighted by atomic mass is 16.4. The molecule has 4 heteroatoms. The van der Waals surface area contributed by atoms with Gasteiger partial charge in [-0.3, -0.25) is 4.79 Å². The van der Waals surface area contributed by atoms with Crippen LogP contribution in [0.5, 0.6) is 5.75 Å². The zero-order valence-electron chi connectivity index (χ0n) is 9.18. The van der Waals surface area contributed by atoms with Gasteiger partial charge < -0.3 is 15.9 Å². The van der Waals surface area contributed by atoms with Crippen molar-refractivity contribution in [1.82, 2.24) is 0 Å². The first kappa shape index (κ1) is 11.4. The van der Waals surface area contributed by atoms with E-state index in [9.17, 15) is 9.90 Å². The summed E-state index contributed by atoms with van der Waals surface area (Å²) in [6.07, 6.45) is -0.134. The number of phenolic OH excluding ortho intramolecular Hbond substituents is 1. The lowest BCUT2D eigenvalue weighted by atomic mass is 9.97. The van der Waals surface area contributed by atoms with Crippen LogP contribution in [-0.2, 0) is 17.8 Å². The fraction of sp³-hybridized carbons (Fsp3) is 0.154. The number of aliphatic carboxylic acids is 1. The van der Waals surface area contributed by atoms with Crippen LogP contribution in [0.15, 0.2) is 30.3 Å². The van der Waals surface area contributed by atoms with Gasteiger partial charge in [0.15, 0.2) is 0 Å². The van der Waals surface area contributed by atoms with Crippen LogP contribution in [-0.4, -0.2) is 16.2 Å². The van der Waals surface area contributed by atoms with Gasteiger partial charge in [0.05, 0.1) is 6.42 Å². The molecule has 0 atom stereocenters. The second kappa shape index (κ2) is 4.43. The summed E-state index contributed by atoms with van der Waals surface area (Å²) in [5.74, 6) is -0.851. The summed E-state index contributed by atoms with van der Waals surface area (Å²) in [6, 6.07) is 9.05. The third-order valence-corrected chi connectivity index (χ3v) is 2.76. The van der Waals surface area contributed by atoms with Crippen molar-refractivity contribution >= 4 is 16.7 Å². The Morgan fingerprint density at radius 1 is 1.29 bits per heavy atom. The van der Waals surface area contributed by atoms with E-state index in [1.807, 2.05) is 18.2 Å². The molecule has 2 rings (SSSR count). The number of aromatic hydroxyl groups is 1. The normalized spacial score (nSPS) is 10.6. The highest BCUT2D eigenvalue weighted by molar-refractivity contribution is 5.91. The van der Waals surface area contributed by atoms with Gasteiger partial charge in [0.1, 0.15) is 5.75 Å². The Labute approximate surface area is 98.3 Å². The lowest BCUT2D eigenvalue weighted by Crippen LogP contribution is -2.07. The molecule has 17 heavy (non-hydrogen) atoms. The van der Waals surface area contributed by atoms with Crippen LogP contribution in [0.1, 0.15) is 11.1 Å². The van der Waals surface area contributed by atoms with Crippen LogP contribution in [0.4, 0.5) is 0 Å². The predicted molar refractivity (Wildman–Crippen MR) is 64.8 cm³/mol. The molecule has 0 aliphatic carbocycles. The fourth-order valence-electron chi connectivity index (χ4n) is 1.98. The summed E-state index contributed by atoms with van der Waals surface area (Å²) in [5.41, 5.74) is 6.64. The van der Waals surface area contributed by atoms with Crippen LogP contribution in [0.25, 0.3) is 10.8 Å². The van der Waals surface area contributed by atoms with E-state index in [1.165, 1.54) is 0 Å². The minimum Gasteiger partial charge on any atom is -0.507 e. The van der Waals surface area contributed by atoms with E-state index in [4.69, 9.17) is 10.8 Å². The highest BCUT2D eigenvalue weighted by Crippen LogP contribution is 2.31. The maximum absolute atomic E-state index is 10.8. The number of carboxylic acid groups (broad SMARTS) is 1. The van der Waals surface area contributed by atoms with Gasteiger partial charge in [-0.1, -0.05) is 24.3 Å². The average molecular weight is 231 g/mol. The Hall–Kier alpha value is -2.07. The molecular weight excluding hydrogens is 218 g/mol. The molecule has 0 amide bonds. The molecule has 0 saturated heterocycles. The fourth-order valence-corrected chi connectivity index (χ4v) is 1.98. The molecule has 88 valence electrons. The summed E-state index contributed by atoms with van der Waals surface area (Å²) in [6.45, 7) is 0.124. The average Bonchev–Trinajstić information content (AvgIpc) is 2.29. The van der Waals surface area contributed by atoms with Gasteiger partial charge in [-0.05, 0) is 17.0 Å². The number of hydrogen-bond donors (Lipinski definition) is 3. The molecule has 0 radical (unpaired) electrons. The van der Waals surface area contributed by atoms with Crippen molar-refractivity contribution in [2.24, 2.45) is 5.73 Å². The van der Waals surface area contributed by atoms with Gasteiger partial charge in [-0.15, -0.1) is 0 Å². The molecule has 2 aromatic rings. The summed E-state index contributed by atoms with van der Waals surface area (Å²) in [5, 5.41) is 20.4. The maximum atomic E-state index is 10.8. The van der Waals surface area contributed by atoms with Crippen molar-refractivity contribution in [3.05, 3.63) is 41.5 Å². The number of fused-ring (bicyclic) bond motifs is 1. The smallest absolute Gasteiger partial charge is 0.307 e. The molecule has 0 spiro atoms. The maximum Gasteiger partial charge on any atom is 0.307 e. The van der Waals surface area contributed by atoms with Crippen molar-refractivity contribution < 1.29 is 15.0 Å². The van der Waals surface area contributed by atoms with E-state index in [0.717, 1.165) is 5.39 Å². The van der Waals surface area contributed by atoms with Crippen molar-refractivity contribution in [3.63, 3.8) is 0 Å². The minimum absolute atomic E-state index is 0.0850. The van der Waals surface area contributed by atoms with Crippen molar-refractivity contribution in [2.45, 2.75) is 13.0 Å². The molecular formula is C13H13NO3. The van der Waals surface area contributed by atoms with Crippen molar-refractivity contribution in [2.75, 3.05) is 0 Å². The monoisotopic (exact) mass is 231 g/mol. The van der Waals surface area contributed by atoms with Crippen LogP contribution < -0.4 is 5.73 Å².